The normalized spacial score (nSPS) is 19.5. The number of benzene rings is 1. The van der Waals surface area contributed by atoms with Crippen LogP contribution in [0.4, 0.5) is 5.82 Å². The molecule has 0 aliphatic heterocycles. The van der Waals surface area contributed by atoms with Gasteiger partial charge in [0.05, 0.1) is 28.6 Å². The minimum absolute atomic E-state index is 0.0439. The molecule has 1 aromatic carbocycles. The summed E-state index contributed by atoms with van der Waals surface area (Å²) >= 11 is 5.96. The van der Waals surface area contributed by atoms with E-state index in [4.69, 9.17) is 11.6 Å². The van der Waals surface area contributed by atoms with Crippen molar-refractivity contribution in [1.82, 2.24) is 9.97 Å². The molecule has 0 unspecified atom stereocenters. The Bertz CT molecular complexity index is 801. The number of hydrogen-bond acceptors (Lipinski definition) is 4. The quantitative estimate of drug-likeness (QED) is 0.820. The number of aromatic hydroxyl groups is 1. The fourth-order valence-corrected chi connectivity index (χ4v) is 2.58. The molecule has 0 saturated heterocycles. The zero-order valence-corrected chi connectivity index (χ0v) is 13.2. The second kappa shape index (κ2) is 6.26. The fraction of sp³-hybridized carbons (Fsp3) is 0.111. The Morgan fingerprint density at radius 2 is 2.17 bits per heavy atom. The number of phenols is 1. The van der Waals surface area contributed by atoms with E-state index >= 15 is 0 Å². The first-order valence-electron chi connectivity index (χ1n) is 7.19. The first-order valence-corrected chi connectivity index (χ1v) is 7.57. The Labute approximate surface area is 139 Å². The maximum absolute atomic E-state index is 9.52. The van der Waals surface area contributed by atoms with Gasteiger partial charge in [0.2, 0.25) is 0 Å². The fourth-order valence-electron chi connectivity index (χ4n) is 2.40. The van der Waals surface area contributed by atoms with Gasteiger partial charge in [-0.05, 0) is 24.6 Å². The average molecular weight is 326 g/mol. The van der Waals surface area contributed by atoms with Crippen LogP contribution in [0.15, 0.2) is 67.6 Å². The third-order valence-electron chi connectivity index (χ3n) is 3.70. The van der Waals surface area contributed by atoms with Gasteiger partial charge in [-0.1, -0.05) is 42.0 Å². The molecule has 0 amide bonds. The van der Waals surface area contributed by atoms with E-state index in [1.165, 1.54) is 0 Å². The zero-order chi connectivity index (χ0) is 16.3. The van der Waals surface area contributed by atoms with E-state index in [2.05, 4.69) is 27.9 Å². The minimum atomic E-state index is -0.366. The zero-order valence-electron chi connectivity index (χ0n) is 12.4. The number of anilines is 1. The molecule has 3 rings (SSSR count). The Morgan fingerprint density at radius 1 is 1.30 bits per heavy atom. The highest BCUT2D eigenvalue weighted by Crippen LogP contribution is 2.29. The second-order valence-electron chi connectivity index (χ2n) is 5.32. The minimum Gasteiger partial charge on any atom is -0.506 e. The third kappa shape index (κ3) is 3.27. The van der Waals surface area contributed by atoms with Crippen molar-refractivity contribution in [2.45, 2.75) is 12.0 Å². The van der Waals surface area contributed by atoms with E-state index in [0.717, 1.165) is 12.0 Å². The van der Waals surface area contributed by atoms with Gasteiger partial charge >= 0.3 is 0 Å². The first-order chi connectivity index (χ1) is 11.1. The summed E-state index contributed by atoms with van der Waals surface area (Å²) < 4.78 is 0. The van der Waals surface area contributed by atoms with Gasteiger partial charge in [0, 0.05) is 5.56 Å². The predicted octanol–water partition coefficient (Wildman–Crippen LogP) is 4.36. The molecule has 0 bridgehead atoms. The number of allylic oxidation sites excluding steroid dienone is 2. The van der Waals surface area contributed by atoms with Crippen LogP contribution >= 0.6 is 11.6 Å². The Morgan fingerprint density at radius 3 is 2.87 bits per heavy atom. The topological polar surface area (TPSA) is 58.0 Å². The maximum Gasteiger partial charge on any atom is 0.146 e. The number of hydrogen-bond donors (Lipinski definition) is 2. The molecule has 2 N–H and O–H groups in total. The monoisotopic (exact) mass is 325 g/mol. The summed E-state index contributed by atoms with van der Waals surface area (Å²) in [6.07, 6.45) is 14.1. The Kier molecular flexibility index (Phi) is 4.17. The molecule has 5 heteroatoms. The van der Waals surface area contributed by atoms with Crippen LogP contribution in [0.2, 0.25) is 5.02 Å². The van der Waals surface area contributed by atoms with E-state index < -0.39 is 0 Å². The number of rotatable bonds is 4. The third-order valence-corrected chi connectivity index (χ3v) is 4.00. The Hall–Kier alpha value is -2.59. The van der Waals surface area contributed by atoms with Gasteiger partial charge in [-0.3, -0.25) is 4.98 Å². The molecule has 4 nitrogen and oxygen atoms in total. The number of aromatic nitrogens is 2. The predicted molar refractivity (Wildman–Crippen MR) is 93.6 cm³/mol. The molecule has 0 radical (unpaired) electrons. The van der Waals surface area contributed by atoms with E-state index in [1.807, 2.05) is 24.3 Å². The van der Waals surface area contributed by atoms with Crippen molar-refractivity contribution >= 4 is 17.4 Å². The molecule has 1 aromatic heterocycles. The van der Waals surface area contributed by atoms with E-state index in [-0.39, 0.29) is 16.3 Å². The van der Waals surface area contributed by atoms with Crippen molar-refractivity contribution in [3.63, 3.8) is 0 Å². The standard InChI is InChI=1S/C18H16ClN3O/c1-2-18(8-4-3-5-9-18)22-17-12-20-11-15(21-17)13-6-7-16(23)14(19)10-13/h2-8,10-12,23H,1,9H2,(H,21,22)/t18-/m0/s1. The second-order valence-corrected chi connectivity index (χ2v) is 5.72. The van der Waals surface area contributed by atoms with Gasteiger partial charge < -0.3 is 10.4 Å². The van der Waals surface area contributed by atoms with Crippen molar-refractivity contribution < 1.29 is 5.11 Å². The molecule has 0 fully saturated rings. The van der Waals surface area contributed by atoms with Gasteiger partial charge in [0.1, 0.15) is 11.6 Å². The lowest BCUT2D eigenvalue weighted by Gasteiger charge is -2.29. The number of nitrogens with zero attached hydrogens (tertiary/aromatic N) is 2. The van der Waals surface area contributed by atoms with E-state index in [1.54, 1.807) is 30.6 Å². The summed E-state index contributed by atoms with van der Waals surface area (Å²) in [6.45, 7) is 3.91. The van der Waals surface area contributed by atoms with Crippen LogP contribution in [0.25, 0.3) is 11.3 Å². The van der Waals surface area contributed by atoms with Gasteiger partial charge in [-0.25, -0.2) is 4.98 Å². The van der Waals surface area contributed by atoms with Gasteiger partial charge in [-0.15, -0.1) is 6.58 Å². The van der Waals surface area contributed by atoms with Crippen LogP contribution in [0, 0.1) is 0 Å². The van der Waals surface area contributed by atoms with Crippen LogP contribution in [0.3, 0.4) is 0 Å². The van der Waals surface area contributed by atoms with E-state index in [9.17, 15) is 5.11 Å². The maximum atomic E-state index is 9.52. The van der Waals surface area contributed by atoms with Crippen LogP contribution in [0.5, 0.6) is 5.75 Å². The molecule has 1 atom stereocenters. The van der Waals surface area contributed by atoms with Gasteiger partial charge in [0.15, 0.2) is 0 Å². The highest BCUT2D eigenvalue weighted by Gasteiger charge is 2.23. The van der Waals surface area contributed by atoms with Crippen molar-refractivity contribution in [2.24, 2.45) is 0 Å². The summed E-state index contributed by atoms with van der Waals surface area (Å²) in [5.74, 6) is 0.689. The molecule has 1 aliphatic rings. The summed E-state index contributed by atoms with van der Waals surface area (Å²) in [6, 6.07) is 4.96. The van der Waals surface area contributed by atoms with Gasteiger partial charge in [-0.2, -0.15) is 0 Å². The van der Waals surface area contributed by atoms with E-state index in [0.29, 0.717) is 11.5 Å². The SMILES string of the molecule is C=C[C@]1(Nc2cncc(-c3ccc(O)c(Cl)c3)n2)C=CC=CC1. The first kappa shape index (κ1) is 15.3. The molecule has 0 saturated carbocycles. The highest BCUT2D eigenvalue weighted by molar-refractivity contribution is 6.32. The largest absolute Gasteiger partial charge is 0.506 e. The summed E-state index contributed by atoms with van der Waals surface area (Å²) in [4.78, 5) is 8.82. The summed E-state index contributed by atoms with van der Waals surface area (Å²) in [5, 5.41) is 13.2. The van der Waals surface area contributed by atoms with Crippen LogP contribution in [0.1, 0.15) is 6.42 Å². The molecule has 2 aromatic rings. The van der Waals surface area contributed by atoms with Crippen molar-refractivity contribution in [3.05, 3.63) is 72.6 Å². The molecule has 1 aliphatic carbocycles. The molecule has 1 heterocycles. The lowest BCUT2D eigenvalue weighted by Crippen LogP contribution is -2.34. The lowest BCUT2D eigenvalue weighted by molar-refractivity contribution is 0.475. The van der Waals surface area contributed by atoms with Crippen LogP contribution in [-0.2, 0) is 0 Å². The highest BCUT2D eigenvalue weighted by atomic mass is 35.5. The molecule has 23 heavy (non-hydrogen) atoms. The van der Waals surface area contributed by atoms with Crippen molar-refractivity contribution in [2.75, 3.05) is 5.32 Å². The van der Waals surface area contributed by atoms with Gasteiger partial charge in [0.25, 0.3) is 0 Å². The molecular weight excluding hydrogens is 310 g/mol. The number of nitrogens with one attached hydrogen (secondary N) is 1. The number of halogens is 1. The van der Waals surface area contributed by atoms with Crippen molar-refractivity contribution in [3.8, 4) is 17.0 Å². The number of phenolic OH excluding ortho intramolecular Hbond substituents is 1. The van der Waals surface area contributed by atoms with Crippen LogP contribution < -0.4 is 5.32 Å². The molecular formula is C18H16ClN3O. The van der Waals surface area contributed by atoms with Crippen molar-refractivity contribution in [1.29, 1.82) is 0 Å². The summed E-state index contributed by atoms with van der Waals surface area (Å²) in [7, 11) is 0. The molecule has 116 valence electrons. The Balaban J connectivity index is 1.90. The van der Waals surface area contributed by atoms with Crippen LogP contribution in [-0.4, -0.2) is 20.6 Å². The average Bonchev–Trinajstić information content (AvgIpc) is 2.58. The smallest absolute Gasteiger partial charge is 0.146 e. The summed E-state index contributed by atoms with van der Waals surface area (Å²) in [5.41, 5.74) is 1.09. The molecule has 0 spiro atoms. The lowest BCUT2D eigenvalue weighted by atomic mass is 9.91.